The number of carbonyl (C=O) groups excluding carboxylic acids is 3. The third kappa shape index (κ3) is 3.45. The first-order valence-electron chi connectivity index (χ1n) is 6.15. The van der Waals surface area contributed by atoms with Gasteiger partial charge < -0.3 is 9.64 Å². The minimum Gasteiger partial charge on any atom is -0.374 e. The number of hydrogen-bond donors (Lipinski definition) is 1. The molecule has 1 fully saturated rings. The molecule has 0 aromatic heterocycles. The first-order chi connectivity index (χ1) is 8.32. The van der Waals surface area contributed by atoms with Crippen LogP contribution in [0, 0.1) is 5.92 Å². The van der Waals surface area contributed by atoms with Crippen LogP contribution in [0.1, 0.15) is 34.1 Å². The number of rotatable bonds is 5. The Morgan fingerprint density at radius 3 is 2.33 bits per heavy atom. The number of esters is 1. The van der Waals surface area contributed by atoms with Crippen LogP contribution in [0.2, 0.25) is 0 Å². The lowest BCUT2D eigenvalue weighted by molar-refractivity contribution is -0.144. The van der Waals surface area contributed by atoms with Crippen molar-refractivity contribution in [1.29, 1.82) is 0 Å². The fourth-order valence-electron chi connectivity index (χ4n) is 1.71. The zero-order chi connectivity index (χ0) is 13.9. The molecule has 1 atom stereocenters. The molecule has 0 radical (unpaired) electrons. The highest BCUT2D eigenvalue weighted by atomic mass is 16.6. The molecule has 0 aliphatic carbocycles. The fraction of sp³-hybridized carbons (Fsp3) is 0.750. The van der Waals surface area contributed by atoms with Gasteiger partial charge in [0.25, 0.3) is 5.91 Å². The van der Waals surface area contributed by atoms with E-state index in [2.05, 4.69) is 23.9 Å². The summed E-state index contributed by atoms with van der Waals surface area (Å²) in [6.07, 6.45) is -0.00877. The van der Waals surface area contributed by atoms with Gasteiger partial charge in [-0.1, -0.05) is 13.8 Å². The standard InChI is InChI=1S/C12H20N2O4/c1-7(2)5-6-14(8(3)4)10(15)9-11(16)18-12(17)13-9/h7-9H,5-6H2,1-4H3,(H,13,17). The molecule has 1 aliphatic heterocycles. The number of nitrogens with zero attached hydrogens (tertiary/aromatic N) is 1. The number of nitrogens with one attached hydrogen (secondary N) is 1. The summed E-state index contributed by atoms with van der Waals surface area (Å²) in [6, 6.07) is -1.21. The van der Waals surface area contributed by atoms with Crippen molar-refractivity contribution in [2.45, 2.75) is 46.2 Å². The summed E-state index contributed by atoms with van der Waals surface area (Å²) in [4.78, 5) is 36.0. The molecule has 1 saturated heterocycles. The Balaban J connectivity index is 2.70. The summed E-state index contributed by atoms with van der Waals surface area (Å²) in [5.41, 5.74) is 0. The maximum absolute atomic E-state index is 12.2. The molecule has 0 spiro atoms. The molecule has 2 amide bonds. The van der Waals surface area contributed by atoms with Crippen LogP contribution >= 0.6 is 0 Å². The molecule has 6 heteroatoms. The Bertz CT molecular complexity index is 352. The van der Waals surface area contributed by atoms with Crippen LogP contribution in [0.5, 0.6) is 0 Å². The van der Waals surface area contributed by atoms with Crippen molar-refractivity contribution in [2.24, 2.45) is 5.92 Å². The van der Waals surface area contributed by atoms with Crippen LogP contribution < -0.4 is 5.32 Å². The van der Waals surface area contributed by atoms with Gasteiger partial charge in [-0.2, -0.15) is 0 Å². The topological polar surface area (TPSA) is 75.7 Å². The van der Waals surface area contributed by atoms with E-state index < -0.39 is 24.0 Å². The number of carbonyl (C=O) groups is 3. The van der Waals surface area contributed by atoms with Gasteiger partial charge in [-0.3, -0.25) is 10.1 Å². The van der Waals surface area contributed by atoms with Gasteiger partial charge in [0.2, 0.25) is 6.04 Å². The van der Waals surface area contributed by atoms with E-state index in [-0.39, 0.29) is 6.04 Å². The largest absolute Gasteiger partial charge is 0.416 e. The minimum atomic E-state index is -1.19. The molecule has 6 nitrogen and oxygen atoms in total. The van der Waals surface area contributed by atoms with E-state index in [1.54, 1.807) is 4.90 Å². The van der Waals surface area contributed by atoms with Crippen LogP contribution in [0.4, 0.5) is 4.79 Å². The van der Waals surface area contributed by atoms with Crippen molar-refractivity contribution in [1.82, 2.24) is 10.2 Å². The molecule has 0 saturated carbocycles. The SMILES string of the molecule is CC(C)CCN(C(=O)C1NC(=O)OC1=O)C(C)C. The van der Waals surface area contributed by atoms with Gasteiger partial charge in [-0.25, -0.2) is 9.59 Å². The first kappa shape index (κ1) is 14.5. The second-order valence-electron chi connectivity index (χ2n) is 5.09. The van der Waals surface area contributed by atoms with Gasteiger partial charge in [0.1, 0.15) is 0 Å². The molecule has 102 valence electrons. The van der Waals surface area contributed by atoms with E-state index in [0.717, 1.165) is 6.42 Å². The normalized spacial score (nSPS) is 19.1. The summed E-state index contributed by atoms with van der Waals surface area (Å²) in [6.45, 7) is 8.44. The smallest absolute Gasteiger partial charge is 0.374 e. The number of cyclic esters (lactones) is 2. The van der Waals surface area contributed by atoms with Crippen molar-refractivity contribution in [3.63, 3.8) is 0 Å². The third-order valence-electron chi connectivity index (χ3n) is 2.79. The Kier molecular flexibility index (Phi) is 4.69. The monoisotopic (exact) mass is 256 g/mol. The molecular weight excluding hydrogens is 236 g/mol. The zero-order valence-corrected chi connectivity index (χ0v) is 11.2. The van der Waals surface area contributed by atoms with Gasteiger partial charge in [0.05, 0.1) is 0 Å². The quantitative estimate of drug-likeness (QED) is 0.586. The van der Waals surface area contributed by atoms with Crippen LogP contribution in [0.15, 0.2) is 0 Å². The molecule has 1 heterocycles. The lowest BCUT2D eigenvalue weighted by atomic mass is 10.1. The van der Waals surface area contributed by atoms with E-state index in [1.807, 2.05) is 13.8 Å². The van der Waals surface area contributed by atoms with Crippen LogP contribution in [0.25, 0.3) is 0 Å². The maximum atomic E-state index is 12.2. The fourth-order valence-corrected chi connectivity index (χ4v) is 1.71. The summed E-state index contributed by atoms with van der Waals surface area (Å²) in [5.74, 6) is -0.758. The van der Waals surface area contributed by atoms with Gasteiger partial charge in [0.15, 0.2) is 0 Å². The number of amides is 2. The number of hydrogen-bond acceptors (Lipinski definition) is 4. The van der Waals surface area contributed by atoms with Crippen molar-refractivity contribution >= 4 is 18.0 Å². The summed E-state index contributed by atoms with van der Waals surface area (Å²) in [5, 5.41) is 2.22. The minimum absolute atomic E-state index is 0.0263. The van der Waals surface area contributed by atoms with Crippen molar-refractivity contribution in [3.8, 4) is 0 Å². The molecule has 1 unspecified atom stereocenters. The predicted molar refractivity (Wildman–Crippen MR) is 64.7 cm³/mol. The van der Waals surface area contributed by atoms with Crippen LogP contribution in [-0.4, -0.2) is 41.5 Å². The zero-order valence-electron chi connectivity index (χ0n) is 11.2. The maximum Gasteiger partial charge on any atom is 0.416 e. The molecule has 1 aliphatic rings. The molecular formula is C12H20N2O4. The highest BCUT2D eigenvalue weighted by Gasteiger charge is 2.41. The second kappa shape index (κ2) is 5.84. The predicted octanol–water partition coefficient (Wildman–Crippen LogP) is 0.904. The summed E-state index contributed by atoms with van der Waals surface area (Å²) in [7, 11) is 0. The Morgan fingerprint density at radius 2 is 1.94 bits per heavy atom. The molecule has 18 heavy (non-hydrogen) atoms. The number of alkyl carbamates (subject to hydrolysis) is 1. The van der Waals surface area contributed by atoms with Crippen LogP contribution in [0.3, 0.4) is 0 Å². The van der Waals surface area contributed by atoms with Gasteiger partial charge in [-0.15, -0.1) is 0 Å². The molecule has 0 aromatic carbocycles. The summed E-state index contributed by atoms with van der Waals surface area (Å²) >= 11 is 0. The Hall–Kier alpha value is -1.59. The van der Waals surface area contributed by atoms with Crippen molar-refractivity contribution < 1.29 is 19.1 Å². The van der Waals surface area contributed by atoms with E-state index in [0.29, 0.717) is 12.5 Å². The molecule has 0 bridgehead atoms. The van der Waals surface area contributed by atoms with E-state index in [4.69, 9.17) is 0 Å². The highest BCUT2D eigenvalue weighted by molar-refractivity contribution is 6.10. The molecule has 1 rings (SSSR count). The van der Waals surface area contributed by atoms with Crippen LogP contribution in [-0.2, 0) is 14.3 Å². The van der Waals surface area contributed by atoms with Crippen molar-refractivity contribution in [3.05, 3.63) is 0 Å². The number of ether oxygens (including phenoxy) is 1. The average molecular weight is 256 g/mol. The lowest BCUT2D eigenvalue weighted by Gasteiger charge is -2.28. The first-order valence-corrected chi connectivity index (χ1v) is 6.15. The van der Waals surface area contributed by atoms with E-state index in [9.17, 15) is 14.4 Å². The van der Waals surface area contributed by atoms with Gasteiger partial charge in [-0.05, 0) is 26.2 Å². The highest BCUT2D eigenvalue weighted by Crippen LogP contribution is 2.11. The van der Waals surface area contributed by atoms with E-state index in [1.165, 1.54) is 0 Å². The third-order valence-corrected chi connectivity index (χ3v) is 2.79. The molecule has 0 aromatic rings. The van der Waals surface area contributed by atoms with E-state index >= 15 is 0 Å². The van der Waals surface area contributed by atoms with Gasteiger partial charge >= 0.3 is 12.1 Å². The molecule has 1 N–H and O–H groups in total. The second-order valence-corrected chi connectivity index (χ2v) is 5.09. The summed E-state index contributed by atoms with van der Waals surface area (Å²) < 4.78 is 4.31. The van der Waals surface area contributed by atoms with Crippen molar-refractivity contribution in [2.75, 3.05) is 6.54 Å². The Morgan fingerprint density at radius 1 is 1.33 bits per heavy atom. The van der Waals surface area contributed by atoms with Gasteiger partial charge in [0, 0.05) is 12.6 Å². The Labute approximate surface area is 107 Å². The lowest BCUT2D eigenvalue weighted by Crippen LogP contribution is -2.50. The average Bonchev–Trinajstić information content (AvgIpc) is 2.56.